The minimum Gasteiger partial charge on any atom is -0.357 e. The number of hydrogen-bond acceptors (Lipinski definition) is 8. The third-order valence-electron chi connectivity index (χ3n) is 7.99. The number of aliphatic imine (C=N–C) groups is 2. The van der Waals surface area contributed by atoms with Gasteiger partial charge in [0, 0.05) is 63.5 Å². The first kappa shape index (κ1) is 28.0. The number of nitrogens with zero attached hydrogens (tertiary/aromatic N) is 6. The number of piperazine rings is 1. The van der Waals surface area contributed by atoms with Gasteiger partial charge in [0.15, 0.2) is 5.82 Å². The summed E-state index contributed by atoms with van der Waals surface area (Å²) in [5.41, 5.74) is 1.26. The lowest BCUT2D eigenvalue weighted by Crippen LogP contribution is -2.50. The Morgan fingerprint density at radius 3 is 2.35 bits per heavy atom. The quantitative estimate of drug-likeness (QED) is 0.557. The van der Waals surface area contributed by atoms with Crippen molar-refractivity contribution >= 4 is 29.1 Å². The molecule has 0 bridgehead atoms. The van der Waals surface area contributed by atoms with E-state index in [1.165, 1.54) is 39.0 Å². The Morgan fingerprint density at radius 1 is 0.950 bits per heavy atom. The van der Waals surface area contributed by atoms with Gasteiger partial charge in [0.25, 0.3) is 5.91 Å². The SMILES string of the molecule is C/C=C1/N=C(Nc2ccc(C(=O)Nc3ccccc3)cn2)C(C)CCC(N2CCN(CCN3CCCC3)CC2)=N1. The van der Waals surface area contributed by atoms with Crippen LogP contribution in [0.25, 0.3) is 0 Å². The highest BCUT2D eigenvalue weighted by atomic mass is 16.1. The molecule has 3 aliphatic heterocycles. The number of nitrogens with one attached hydrogen (secondary N) is 2. The Balaban J connectivity index is 1.18. The van der Waals surface area contributed by atoms with Crippen molar-refractivity contribution in [2.24, 2.45) is 15.9 Å². The summed E-state index contributed by atoms with van der Waals surface area (Å²) >= 11 is 0. The summed E-state index contributed by atoms with van der Waals surface area (Å²) in [5.74, 6) is 3.40. The number of allylic oxidation sites excluding steroid dienone is 1. The molecule has 1 unspecified atom stereocenters. The van der Waals surface area contributed by atoms with E-state index in [0.29, 0.717) is 11.4 Å². The van der Waals surface area contributed by atoms with E-state index < -0.39 is 0 Å². The molecule has 0 saturated carbocycles. The molecule has 1 amide bonds. The van der Waals surface area contributed by atoms with E-state index in [1.807, 2.05) is 49.4 Å². The van der Waals surface area contributed by atoms with Crippen molar-refractivity contribution in [2.45, 2.75) is 39.5 Å². The first-order chi connectivity index (χ1) is 19.6. The van der Waals surface area contributed by atoms with Crippen LogP contribution in [0.5, 0.6) is 0 Å². The highest BCUT2D eigenvalue weighted by Gasteiger charge is 2.24. The van der Waals surface area contributed by atoms with Crippen molar-refractivity contribution in [1.82, 2.24) is 19.7 Å². The molecule has 2 N–H and O–H groups in total. The van der Waals surface area contributed by atoms with Gasteiger partial charge in [-0.25, -0.2) is 15.0 Å². The van der Waals surface area contributed by atoms with E-state index >= 15 is 0 Å². The number of carbonyl (C=O) groups excluding carboxylic acids is 1. The number of aromatic nitrogens is 1. The number of anilines is 2. The largest absolute Gasteiger partial charge is 0.357 e. The average Bonchev–Trinajstić information content (AvgIpc) is 3.51. The van der Waals surface area contributed by atoms with Crippen LogP contribution in [0.1, 0.15) is 49.9 Å². The zero-order valence-corrected chi connectivity index (χ0v) is 23.9. The molecule has 0 aliphatic carbocycles. The summed E-state index contributed by atoms with van der Waals surface area (Å²) in [6.07, 6.45) is 8.14. The van der Waals surface area contributed by atoms with Crippen LogP contribution in [-0.2, 0) is 0 Å². The van der Waals surface area contributed by atoms with Crippen LogP contribution in [-0.4, -0.2) is 89.6 Å². The van der Waals surface area contributed by atoms with Crippen LogP contribution in [0.15, 0.2) is 70.5 Å². The van der Waals surface area contributed by atoms with Crippen molar-refractivity contribution in [2.75, 3.05) is 63.0 Å². The maximum atomic E-state index is 12.6. The number of carbonyl (C=O) groups is 1. The van der Waals surface area contributed by atoms with Gasteiger partial charge in [-0.15, -0.1) is 0 Å². The highest BCUT2D eigenvalue weighted by Crippen LogP contribution is 2.21. The van der Waals surface area contributed by atoms with Gasteiger partial charge in [0.05, 0.1) is 5.56 Å². The third kappa shape index (κ3) is 7.55. The van der Waals surface area contributed by atoms with Crippen molar-refractivity contribution < 1.29 is 4.79 Å². The predicted octanol–water partition coefficient (Wildman–Crippen LogP) is 4.55. The Bertz CT molecular complexity index is 1210. The van der Waals surface area contributed by atoms with Gasteiger partial charge in [-0.3, -0.25) is 9.69 Å². The second-order valence-electron chi connectivity index (χ2n) is 10.9. The van der Waals surface area contributed by atoms with Gasteiger partial charge in [-0.2, -0.15) is 0 Å². The van der Waals surface area contributed by atoms with Crippen LogP contribution in [0.4, 0.5) is 11.5 Å². The summed E-state index contributed by atoms with van der Waals surface area (Å²) in [4.78, 5) is 34.6. The van der Waals surface area contributed by atoms with E-state index in [2.05, 4.69) is 37.2 Å². The number of hydrogen-bond donors (Lipinski definition) is 2. The summed E-state index contributed by atoms with van der Waals surface area (Å²) < 4.78 is 0. The molecule has 2 fully saturated rings. The van der Waals surface area contributed by atoms with Gasteiger partial charge in [-0.1, -0.05) is 25.1 Å². The molecule has 0 radical (unpaired) electrons. The van der Waals surface area contributed by atoms with Crippen LogP contribution in [0.2, 0.25) is 0 Å². The molecule has 212 valence electrons. The first-order valence-electron chi connectivity index (χ1n) is 14.7. The Kier molecular flexibility index (Phi) is 9.57. The standard InChI is InChI=1S/C31H42N8O/c1-3-27-34-29(39-21-19-38(20-22-39)18-17-37-15-7-8-16-37)14-11-24(2)30(35-27)36-28-13-12-25(23-32-28)31(40)33-26-9-5-4-6-10-26/h3-6,9-10,12-13,23-24H,7-8,11,14-22H2,1-2H3,(H,33,40)(H,32,35,36)/b27-3+,34-29?. The molecule has 5 rings (SSSR count). The Hall–Kier alpha value is -3.56. The molecule has 0 spiro atoms. The molecule has 1 aromatic heterocycles. The van der Waals surface area contributed by atoms with E-state index in [9.17, 15) is 4.79 Å². The fourth-order valence-electron chi connectivity index (χ4n) is 5.41. The number of pyridine rings is 1. The Labute approximate surface area is 238 Å². The van der Waals surface area contributed by atoms with Gasteiger partial charge >= 0.3 is 0 Å². The molecule has 2 saturated heterocycles. The molecular weight excluding hydrogens is 500 g/mol. The summed E-state index contributed by atoms with van der Waals surface area (Å²) in [5, 5.41) is 6.28. The number of rotatable bonds is 6. The fourth-order valence-corrected chi connectivity index (χ4v) is 5.41. The molecule has 40 heavy (non-hydrogen) atoms. The van der Waals surface area contributed by atoms with Crippen LogP contribution in [0.3, 0.4) is 0 Å². The maximum Gasteiger partial charge on any atom is 0.257 e. The zero-order chi connectivity index (χ0) is 27.7. The second kappa shape index (κ2) is 13.7. The fraction of sp³-hybridized carbons (Fsp3) is 0.484. The second-order valence-corrected chi connectivity index (χ2v) is 10.9. The summed E-state index contributed by atoms with van der Waals surface area (Å²) in [6.45, 7) is 13.3. The van der Waals surface area contributed by atoms with Gasteiger partial charge in [-0.05, 0) is 69.6 Å². The van der Waals surface area contributed by atoms with Gasteiger partial charge in [0.2, 0.25) is 0 Å². The molecule has 1 atom stereocenters. The lowest BCUT2D eigenvalue weighted by molar-refractivity contribution is 0.102. The highest BCUT2D eigenvalue weighted by molar-refractivity contribution is 6.04. The monoisotopic (exact) mass is 542 g/mol. The smallest absolute Gasteiger partial charge is 0.257 e. The van der Waals surface area contributed by atoms with Crippen molar-refractivity contribution in [3.8, 4) is 0 Å². The molecular formula is C31H42N8O. The predicted molar refractivity (Wildman–Crippen MR) is 163 cm³/mol. The third-order valence-corrected chi connectivity index (χ3v) is 7.99. The van der Waals surface area contributed by atoms with Gasteiger partial charge in [0.1, 0.15) is 17.5 Å². The van der Waals surface area contributed by atoms with E-state index in [0.717, 1.165) is 62.2 Å². The number of amides is 1. The average molecular weight is 543 g/mol. The van der Waals surface area contributed by atoms with E-state index in [1.54, 1.807) is 12.3 Å². The molecule has 1 aromatic carbocycles. The van der Waals surface area contributed by atoms with Crippen LogP contribution in [0, 0.1) is 5.92 Å². The summed E-state index contributed by atoms with van der Waals surface area (Å²) in [6, 6.07) is 13.0. The van der Waals surface area contributed by atoms with Crippen LogP contribution >= 0.6 is 0 Å². The Morgan fingerprint density at radius 2 is 1.68 bits per heavy atom. The normalized spacial score (nSPS) is 21.9. The summed E-state index contributed by atoms with van der Waals surface area (Å²) in [7, 11) is 0. The van der Waals surface area contributed by atoms with Crippen molar-refractivity contribution in [3.05, 3.63) is 66.1 Å². The number of benzene rings is 1. The number of likely N-dealkylation sites (tertiary alicyclic amines) is 1. The number of para-hydroxylation sites is 1. The van der Waals surface area contributed by atoms with Crippen molar-refractivity contribution in [1.29, 1.82) is 0 Å². The molecule has 2 aromatic rings. The minimum atomic E-state index is -0.188. The first-order valence-corrected chi connectivity index (χ1v) is 14.7. The number of amidine groups is 2. The zero-order valence-electron chi connectivity index (χ0n) is 23.9. The topological polar surface area (TPSA) is 88.5 Å². The van der Waals surface area contributed by atoms with Gasteiger partial charge < -0.3 is 20.4 Å². The molecule has 9 heteroatoms. The minimum absolute atomic E-state index is 0.188. The molecule has 3 aliphatic rings. The lowest BCUT2D eigenvalue weighted by atomic mass is 10.0. The lowest BCUT2D eigenvalue weighted by Gasteiger charge is -2.37. The van der Waals surface area contributed by atoms with Crippen molar-refractivity contribution in [3.63, 3.8) is 0 Å². The van der Waals surface area contributed by atoms with Crippen LogP contribution < -0.4 is 10.6 Å². The van der Waals surface area contributed by atoms with E-state index in [4.69, 9.17) is 9.98 Å². The maximum absolute atomic E-state index is 12.6. The molecule has 4 heterocycles. The van der Waals surface area contributed by atoms with E-state index in [-0.39, 0.29) is 11.8 Å². The molecule has 9 nitrogen and oxygen atoms in total.